The van der Waals surface area contributed by atoms with Gasteiger partial charge in [-0.05, 0) is 33.6 Å². The fraction of sp³-hybridized carbons (Fsp3) is 0.727. The summed E-state index contributed by atoms with van der Waals surface area (Å²) in [6.45, 7) is 9.22. The van der Waals surface area contributed by atoms with Crippen molar-refractivity contribution in [3.8, 4) is 0 Å². The summed E-state index contributed by atoms with van der Waals surface area (Å²) in [5.74, 6) is 0.352. The Hall–Kier alpha value is -1.19. The van der Waals surface area contributed by atoms with Crippen molar-refractivity contribution in [1.82, 2.24) is 5.32 Å². The molecule has 0 bridgehead atoms. The Kier molecular flexibility index (Phi) is 3.27. The van der Waals surface area contributed by atoms with Crippen LogP contribution >= 0.6 is 0 Å². The molecular formula is C11H20N2O2. The minimum absolute atomic E-state index is 0.185. The Bertz CT molecular complexity index is 262. The summed E-state index contributed by atoms with van der Waals surface area (Å²) in [5, 5.41) is 2.80. The van der Waals surface area contributed by atoms with E-state index in [1.807, 2.05) is 20.8 Å². The van der Waals surface area contributed by atoms with Crippen molar-refractivity contribution in [3.63, 3.8) is 0 Å². The second-order valence-electron chi connectivity index (χ2n) is 5.09. The van der Waals surface area contributed by atoms with Crippen LogP contribution in [-0.4, -0.2) is 17.7 Å². The van der Waals surface area contributed by atoms with E-state index < -0.39 is 5.60 Å². The first kappa shape index (κ1) is 11.9. The van der Waals surface area contributed by atoms with Crippen molar-refractivity contribution in [2.75, 3.05) is 0 Å². The zero-order valence-electron chi connectivity index (χ0n) is 9.67. The van der Waals surface area contributed by atoms with Gasteiger partial charge in [0.1, 0.15) is 5.60 Å². The van der Waals surface area contributed by atoms with E-state index in [0.29, 0.717) is 11.6 Å². The second kappa shape index (κ2) is 4.13. The SMILES string of the molecule is C=C(N)[C@H]1C[C@H](NC(=O)OC(C)(C)C)C1. The van der Waals surface area contributed by atoms with Crippen molar-refractivity contribution in [3.05, 3.63) is 12.3 Å². The third-order valence-corrected chi connectivity index (χ3v) is 2.38. The van der Waals surface area contributed by atoms with E-state index in [0.717, 1.165) is 12.8 Å². The molecule has 3 N–H and O–H groups in total. The van der Waals surface area contributed by atoms with E-state index in [4.69, 9.17) is 10.5 Å². The van der Waals surface area contributed by atoms with Gasteiger partial charge in [-0.15, -0.1) is 0 Å². The van der Waals surface area contributed by atoms with Crippen molar-refractivity contribution in [1.29, 1.82) is 0 Å². The van der Waals surface area contributed by atoms with Gasteiger partial charge < -0.3 is 15.8 Å². The first-order valence-electron chi connectivity index (χ1n) is 5.21. The highest BCUT2D eigenvalue weighted by Crippen LogP contribution is 2.30. The standard InChI is InChI=1S/C11H20N2O2/c1-7(12)8-5-9(6-8)13-10(14)15-11(2,3)4/h8-9H,1,5-6,12H2,2-4H3,(H,13,14)/t8-,9-. The minimum Gasteiger partial charge on any atom is -0.444 e. The molecule has 1 aliphatic carbocycles. The number of carbonyl (C=O) groups is 1. The zero-order valence-corrected chi connectivity index (χ0v) is 9.67. The smallest absolute Gasteiger partial charge is 0.407 e. The lowest BCUT2D eigenvalue weighted by molar-refractivity contribution is 0.0462. The van der Waals surface area contributed by atoms with Crippen LogP contribution in [-0.2, 0) is 4.74 Å². The summed E-state index contributed by atoms with van der Waals surface area (Å²) < 4.78 is 5.14. The lowest BCUT2D eigenvalue weighted by Gasteiger charge is -2.36. The molecule has 86 valence electrons. The molecule has 0 heterocycles. The van der Waals surface area contributed by atoms with Crippen LogP contribution in [0, 0.1) is 5.92 Å². The molecule has 0 saturated heterocycles. The van der Waals surface area contributed by atoms with E-state index in [2.05, 4.69) is 11.9 Å². The molecule has 1 aliphatic rings. The summed E-state index contributed by atoms with van der Waals surface area (Å²) in [4.78, 5) is 11.4. The molecule has 0 aromatic rings. The number of ether oxygens (including phenoxy) is 1. The van der Waals surface area contributed by atoms with Crippen LogP contribution in [0.5, 0.6) is 0 Å². The fourth-order valence-corrected chi connectivity index (χ4v) is 1.51. The average Bonchev–Trinajstić information content (AvgIpc) is 1.91. The van der Waals surface area contributed by atoms with Gasteiger partial charge in [0.05, 0.1) is 0 Å². The Morgan fingerprint density at radius 1 is 1.47 bits per heavy atom. The molecule has 15 heavy (non-hydrogen) atoms. The molecule has 0 unspecified atom stereocenters. The van der Waals surface area contributed by atoms with Crippen LogP contribution in [0.4, 0.5) is 4.79 Å². The van der Waals surface area contributed by atoms with Crippen LogP contribution in [0.2, 0.25) is 0 Å². The van der Waals surface area contributed by atoms with Crippen LogP contribution in [0.15, 0.2) is 12.3 Å². The average molecular weight is 212 g/mol. The normalized spacial score (nSPS) is 25.3. The maximum atomic E-state index is 11.4. The summed E-state index contributed by atoms with van der Waals surface area (Å²) in [6, 6.07) is 0.185. The molecule has 4 nitrogen and oxygen atoms in total. The largest absolute Gasteiger partial charge is 0.444 e. The van der Waals surface area contributed by atoms with Gasteiger partial charge in [-0.1, -0.05) is 6.58 Å². The topological polar surface area (TPSA) is 64.3 Å². The van der Waals surface area contributed by atoms with Crippen molar-refractivity contribution >= 4 is 6.09 Å². The van der Waals surface area contributed by atoms with Gasteiger partial charge in [-0.25, -0.2) is 4.79 Å². The number of hydrogen-bond acceptors (Lipinski definition) is 3. The van der Waals surface area contributed by atoms with Crippen LogP contribution in [0.1, 0.15) is 33.6 Å². The highest BCUT2D eigenvalue weighted by atomic mass is 16.6. The van der Waals surface area contributed by atoms with Gasteiger partial charge >= 0.3 is 6.09 Å². The molecule has 0 aromatic heterocycles. The number of rotatable bonds is 2. The van der Waals surface area contributed by atoms with Gasteiger partial charge in [0, 0.05) is 17.7 Å². The lowest BCUT2D eigenvalue weighted by Crippen LogP contribution is -2.47. The fourth-order valence-electron chi connectivity index (χ4n) is 1.51. The summed E-state index contributed by atoms with van der Waals surface area (Å²) in [6.07, 6.45) is 1.39. The van der Waals surface area contributed by atoms with Gasteiger partial charge in [0.25, 0.3) is 0 Å². The molecule has 0 radical (unpaired) electrons. The Balaban J connectivity index is 2.22. The van der Waals surface area contributed by atoms with Gasteiger partial charge in [-0.2, -0.15) is 0 Å². The zero-order chi connectivity index (χ0) is 11.6. The van der Waals surface area contributed by atoms with Crippen molar-refractivity contribution < 1.29 is 9.53 Å². The number of nitrogens with one attached hydrogen (secondary N) is 1. The first-order valence-corrected chi connectivity index (χ1v) is 5.21. The minimum atomic E-state index is -0.440. The number of nitrogens with two attached hydrogens (primary N) is 1. The molecule has 1 fully saturated rings. The molecule has 0 aliphatic heterocycles. The summed E-state index contributed by atoms with van der Waals surface area (Å²) in [5.41, 5.74) is 5.82. The molecule has 0 aromatic carbocycles. The maximum absolute atomic E-state index is 11.4. The highest BCUT2D eigenvalue weighted by molar-refractivity contribution is 5.68. The van der Waals surface area contributed by atoms with Crippen LogP contribution < -0.4 is 11.1 Å². The molecule has 1 amide bonds. The van der Waals surface area contributed by atoms with Crippen molar-refractivity contribution in [2.24, 2.45) is 11.7 Å². The van der Waals surface area contributed by atoms with Gasteiger partial charge in [0.2, 0.25) is 0 Å². The van der Waals surface area contributed by atoms with Crippen molar-refractivity contribution in [2.45, 2.75) is 45.3 Å². The number of alkyl carbamates (subject to hydrolysis) is 1. The monoisotopic (exact) mass is 212 g/mol. The first-order chi connectivity index (χ1) is 6.78. The quantitative estimate of drug-likeness (QED) is 0.733. The number of allylic oxidation sites excluding steroid dienone is 1. The van der Waals surface area contributed by atoms with Gasteiger partial charge in [0.15, 0.2) is 0 Å². The van der Waals surface area contributed by atoms with E-state index in [1.54, 1.807) is 0 Å². The van der Waals surface area contributed by atoms with Crippen LogP contribution in [0.3, 0.4) is 0 Å². The predicted molar refractivity (Wildman–Crippen MR) is 59.2 cm³/mol. The Labute approximate surface area is 90.9 Å². The van der Waals surface area contributed by atoms with E-state index in [-0.39, 0.29) is 12.1 Å². The second-order valence-corrected chi connectivity index (χ2v) is 5.09. The summed E-state index contributed by atoms with van der Waals surface area (Å²) >= 11 is 0. The lowest BCUT2D eigenvalue weighted by atomic mass is 9.79. The molecule has 4 heteroatoms. The van der Waals surface area contributed by atoms with E-state index >= 15 is 0 Å². The molecule has 0 spiro atoms. The predicted octanol–water partition coefficient (Wildman–Crippen LogP) is 1.76. The number of amides is 1. The number of carbonyl (C=O) groups excluding carboxylic acids is 1. The molecular weight excluding hydrogens is 192 g/mol. The third-order valence-electron chi connectivity index (χ3n) is 2.38. The molecule has 1 rings (SSSR count). The third kappa shape index (κ3) is 3.81. The highest BCUT2D eigenvalue weighted by Gasteiger charge is 2.32. The Morgan fingerprint density at radius 3 is 2.40 bits per heavy atom. The Morgan fingerprint density at radius 2 is 2.00 bits per heavy atom. The van der Waals surface area contributed by atoms with Crippen LogP contribution in [0.25, 0.3) is 0 Å². The maximum Gasteiger partial charge on any atom is 0.407 e. The van der Waals surface area contributed by atoms with E-state index in [9.17, 15) is 4.79 Å². The molecule has 0 atom stereocenters. The number of hydrogen-bond donors (Lipinski definition) is 2. The van der Waals surface area contributed by atoms with Gasteiger partial charge in [-0.3, -0.25) is 0 Å². The van der Waals surface area contributed by atoms with E-state index in [1.165, 1.54) is 0 Å². The summed E-state index contributed by atoms with van der Waals surface area (Å²) in [7, 11) is 0. The molecule has 1 saturated carbocycles.